The Balaban J connectivity index is 1.80. The van der Waals surface area contributed by atoms with Gasteiger partial charge in [-0.2, -0.15) is 0 Å². The first-order valence-electron chi connectivity index (χ1n) is 8.25. The Kier molecular flexibility index (Phi) is 4.22. The van der Waals surface area contributed by atoms with E-state index in [1.807, 2.05) is 48.5 Å². The highest BCUT2D eigenvalue weighted by atomic mass is 35.5. The minimum Gasteiger partial charge on any atom is -0.434 e. The van der Waals surface area contributed by atoms with Gasteiger partial charge in [0.1, 0.15) is 5.75 Å². The van der Waals surface area contributed by atoms with Crippen molar-refractivity contribution >= 4 is 28.5 Å². The minimum absolute atomic E-state index is 0.517. The summed E-state index contributed by atoms with van der Waals surface area (Å²) in [4.78, 5) is 11.8. The number of benzene rings is 2. The largest absolute Gasteiger partial charge is 0.434 e. The second-order valence-corrected chi connectivity index (χ2v) is 6.33. The van der Waals surface area contributed by atoms with Crippen LogP contribution in [0.25, 0.3) is 11.0 Å². The summed E-state index contributed by atoms with van der Waals surface area (Å²) in [6.45, 7) is 1.96. The Bertz CT molecular complexity index is 862. The summed E-state index contributed by atoms with van der Waals surface area (Å²) in [6, 6.07) is 15.3. The van der Waals surface area contributed by atoms with Gasteiger partial charge in [0.05, 0.1) is 16.1 Å². The molecule has 1 aromatic heterocycles. The molecule has 24 heavy (non-hydrogen) atoms. The molecule has 0 atom stereocenters. The van der Waals surface area contributed by atoms with Crippen molar-refractivity contribution in [3.8, 4) is 11.6 Å². The Hall–Kier alpha value is -2.33. The van der Waals surface area contributed by atoms with Gasteiger partial charge in [-0.05, 0) is 43.5 Å². The van der Waals surface area contributed by atoms with Crippen LogP contribution in [0.3, 0.4) is 0 Å². The molecule has 0 saturated carbocycles. The van der Waals surface area contributed by atoms with Crippen molar-refractivity contribution < 1.29 is 4.74 Å². The van der Waals surface area contributed by atoms with Gasteiger partial charge >= 0.3 is 0 Å². The maximum absolute atomic E-state index is 6.24. The molecular weight excluding hydrogens is 322 g/mol. The van der Waals surface area contributed by atoms with E-state index < -0.39 is 0 Å². The number of hydrogen-bond donors (Lipinski definition) is 0. The van der Waals surface area contributed by atoms with E-state index >= 15 is 0 Å². The van der Waals surface area contributed by atoms with Crippen LogP contribution in [0.4, 0.5) is 5.82 Å². The highest BCUT2D eigenvalue weighted by Crippen LogP contribution is 2.35. The smallest absolute Gasteiger partial charge is 0.263 e. The van der Waals surface area contributed by atoms with Gasteiger partial charge in [-0.25, -0.2) is 9.97 Å². The number of anilines is 1. The Morgan fingerprint density at radius 3 is 2.25 bits per heavy atom. The van der Waals surface area contributed by atoms with Gasteiger partial charge in [0.15, 0.2) is 5.82 Å². The lowest BCUT2D eigenvalue weighted by Gasteiger charge is -2.28. The van der Waals surface area contributed by atoms with Crippen molar-refractivity contribution in [3.63, 3.8) is 0 Å². The number of halogens is 1. The fourth-order valence-corrected chi connectivity index (χ4v) is 3.16. The minimum atomic E-state index is 0.517. The van der Waals surface area contributed by atoms with E-state index in [0.29, 0.717) is 16.7 Å². The molecule has 3 aromatic rings. The zero-order chi connectivity index (χ0) is 16.4. The predicted octanol–water partition coefficient (Wildman–Crippen LogP) is 5.07. The number of rotatable bonds is 3. The van der Waals surface area contributed by atoms with Gasteiger partial charge < -0.3 is 9.64 Å². The first-order chi connectivity index (χ1) is 11.8. The van der Waals surface area contributed by atoms with E-state index in [9.17, 15) is 0 Å². The van der Waals surface area contributed by atoms with E-state index in [-0.39, 0.29) is 0 Å². The molecule has 1 aliphatic heterocycles. The Morgan fingerprint density at radius 1 is 0.833 bits per heavy atom. The normalized spacial score (nSPS) is 14.8. The van der Waals surface area contributed by atoms with Crippen molar-refractivity contribution in [1.82, 2.24) is 9.97 Å². The standard InChI is InChI=1S/C19H18ClN3O/c20-14-8-2-5-11-17(14)24-19-18(23-12-6-1-7-13-23)21-15-9-3-4-10-16(15)22-19/h2-5,8-11H,1,6-7,12-13H2. The van der Waals surface area contributed by atoms with Crippen LogP contribution in [-0.4, -0.2) is 23.1 Å². The van der Waals surface area contributed by atoms with Crippen molar-refractivity contribution in [3.05, 3.63) is 53.6 Å². The number of aromatic nitrogens is 2. The van der Waals surface area contributed by atoms with Crippen LogP contribution in [0.5, 0.6) is 11.6 Å². The molecule has 122 valence electrons. The van der Waals surface area contributed by atoms with Crippen LogP contribution in [0.1, 0.15) is 19.3 Å². The van der Waals surface area contributed by atoms with E-state index in [2.05, 4.69) is 4.90 Å². The fourth-order valence-electron chi connectivity index (χ4n) is 2.99. The van der Waals surface area contributed by atoms with Crippen molar-refractivity contribution in [2.24, 2.45) is 0 Å². The third kappa shape index (κ3) is 3.02. The molecule has 1 fully saturated rings. The molecule has 1 saturated heterocycles. The summed E-state index contributed by atoms with van der Waals surface area (Å²) >= 11 is 6.24. The average Bonchev–Trinajstić information content (AvgIpc) is 2.64. The van der Waals surface area contributed by atoms with Crippen LogP contribution < -0.4 is 9.64 Å². The lowest BCUT2D eigenvalue weighted by molar-refractivity contribution is 0.457. The number of nitrogens with zero attached hydrogens (tertiary/aromatic N) is 3. The SMILES string of the molecule is Clc1ccccc1Oc1nc2ccccc2nc1N1CCCCC1. The van der Waals surface area contributed by atoms with Crippen LogP contribution >= 0.6 is 11.6 Å². The highest BCUT2D eigenvalue weighted by molar-refractivity contribution is 6.32. The third-order valence-corrected chi connectivity index (χ3v) is 4.53. The molecule has 0 bridgehead atoms. The van der Waals surface area contributed by atoms with Crippen LogP contribution in [0.15, 0.2) is 48.5 Å². The molecule has 2 aromatic carbocycles. The first kappa shape index (κ1) is 15.2. The summed E-state index contributed by atoms with van der Waals surface area (Å²) in [5.74, 6) is 1.92. The van der Waals surface area contributed by atoms with Gasteiger partial charge in [0, 0.05) is 13.1 Å². The Morgan fingerprint density at radius 2 is 1.50 bits per heavy atom. The maximum atomic E-state index is 6.24. The predicted molar refractivity (Wildman–Crippen MR) is 97.1 cm³/mol. The number of hydrogen-bond acceptors (Lipinski definition) is 4. The molecule has 0 spiro atoms. The van der Waals surface area contributed by atoms with Crippen LogP contribution in [0, 0.1) is 0 Å². The molecule has 0 unspecified atom stereocenters. The van der Waals surface area contributed by atoms with E-state index in [4.69, 9.17) is 26.3 Å². The van der Waals surface area contributed by atoms with E-state index in [0.717, 1.165) is 29.9 Å². The van der Waals surface area contributed by atoms with Crippen molar-refractivity contribution in [2.45, 2.75) is 19.3 Å². The number of ether oxygens (including phenoxy) is 1. The van der Waals surface area contributed by atoms with Crippen molar-refractivity contribution in [1.29, 1.82) is 0 Å². The molecule has 1 aliphatic rings. The zero-order valence-electron chi connectivity index (χ0n) is 13.3. The number of para-hydroxylation sites is 3. The molecule has 2 heterocycles. The van der Waals surface area contributed by atoms with Gasteiger partial charge in [0.2, 0.25) is 0 Å². The molecule has 0 aliphatic carbocycles. The Labute approximate surface area is 146 Å². The number of piperidine rings is 1. The highest BCUT2D eigenvalue weighted by Gasteiger charge is 2.20. The average molecular weight is 340 g/mol. The molecular formula is C19H18ClN3O. The topological polar surface area (TPSA) is 38.3 Å². The second-order valence-electron chi connectivity index (χ2n) is 5.92. The van der Waals surface area contributed by atoms with E-state index in [1.54, 1.807) is 0 Å². The second kappa shape index (κ2) is 6.65. The van der Waals surface area contributed by atoms with Gasteiger partial charge in [-0.1, -0.05) is 35.9 Å². The number of fused-ring (bicyclic) bond motifs is 1. The summed E-state index contributed by atoms with van der Waals surface area (Å²) in [7, 11) is 0. The van der Waals surface area contributed by atoms with Crippen LogP contribution in [-0.2, 0) is 0 Å². The molecule has 0 N–H and O–H groups in total. The van der Waals surface area contributed by atoms with Crippen molar-refractivity contribution in [2.75, 3.05) is 18.0 Å². The lowest BCUT2D eigenvalue weighted by atomic mass is 10.1. The third-order valence-electron chi connectivity index (χ3n) is 4.22. The van der Waals surface area contributed by atoms with E-state index in [1.165, 1.54) is 19.3 Å². The van der Waals surface area contributed by atoms with Crippen LogP contribution in [0.2, 0.25) is 5.02 Å². The monoisotopic (exact) mass is 339 g/mol. The fraction of sp³-hybridized carbons (Fsp3) is 0.263. The summed E-state index contributed by atoms with van der Waals surface area (Å²) in [6.07, 6.45) is 3.60. The quantitative estimate of drug-likeness (QED) is 0.668. The first-order valence-corrected chi connectivity index (χ1v) is 8.63. The molecule has 5 heteroatoms. The van der Waals surface area contributed by atoms with Gasteiger partial charge in [-0.15, -0.1) is 0 Å². The molecule has 0 amide bonds. The molecule has 4 nitrogen and oxygen atoms in total. The van der Waals surface area contributed by atoms with Gasteiger partial charge in [-0.3, -0.25) is 0 Å². The molecule has 0 radical (unpaired) electrons. The summed E-state index contributed by atoms with van der Waals surface area (Å²) < 4.78 is 6.05. The van der Waals surface area contributed by atoms with Gasteiger partial charge in [0.25, 0.3) is 5.88 Å². The summed E-state index contributed by atoms with van der Waals surface area (Å²) in [5, 5.41) is 0.567. The molecule has 4 rings (SSSR count). The zero-order valence-corrected chi connectivity index (χ0v) is 14.0. The summed E-state index contributed by atoms with van der Waals surface area (Å²) in [5.41, 5.74) is 1.70. The lowest BCUT2D eigenvalue weighted by Crippen LogP contribution is -2.30. The maximum Gasteiger partial charge on any atom is 0.263 e.